The van der Waals surface area contributed by atoms with Crippen molar-refractivity contribution in [3.05, 3.63) is 0 Å². The fraction of sp³-hybridized carbons (Fsp3) is 0.810. The fourth-order valence-corrected chi connectivity index (χ4v) is 4.58. The van der Waals surface area contributed by atoms with Crippen LogP contribution in [-0.2, 0) is 14.3 Å². The van der Waals surface area contributed by atoms with E-state index in [1.54, 1.807) is 20.8 Å². The number of hydrazine groups is 1. The van der Waals surface area contributed by atoms with E-state index < -0.39 is 29.2 Å². The summed E-state index contributed by atoms with van der Waals surface area (Å²) in [6.07, 6.45) is 6.33. The van der Waals surface area contributed by atoms with Crippen LogP contribution in [0, 0.1) is 0 Å². The zero-order valence-electron chi connectivity index (χ0n) is 18.8. The summed E-state index contributed by atoms with van der Waals surface area (Å²) in [5.74, 6) is -0.784. The molecule has 0 aromatic rings. The molecule has 0 aromatic heterocycles. The number of carbonyl (C=O) groups excluding carboxylic acids is 4. The van der Waals surface area contributed by atoms with Gasteiger partial charge >= 0.3 is 12.1 Å². The van der Waals surface area contributed by atoms with E-state index in [-0.39, 0.29) is 18.5 Å². The van der Waals surface area contributed by atoms with Crippen LogP contribution in [0.2, 0.25) is 0 Å². The molecule has 10 nitrogen and oxygen atoms in total. The highest BCUT2D eigenvalue weighted by Gasteiger charge is 2.52. The quantitative estimate of drug-likeness (QED) is 0.563. The Hall–Kier alpha value is -2.36. The van der Waals surface area contributed by atoms with E-state index in [4.69, 9.17) is 4.74 Å². The molecule has 174 valence electrons. The minimum atomic E-state index is -0.867. The number of rotatable bonds is 5. The average molecular weight is 438 g/mol. The van der Waals surface area contributed by atoms with Gasteiger partial charge in [-0.05, 0) is 53.0 Å². The normalized spacial score (nSPS) is 24.1. The lowest BCUT2D eigenvalue weighted by Crippen LogP contribution is -2.55. The van der Waals surface area contributed by atoms with Crippen LogP contribution >= 0.6 is 0 Å². The number of alkyl carbamates (subject to hydrolysis) is 1. The summed E-state index contributed by atoms with van der Waals surface area (Å²) >= 11 is 0. The van der Waals surface area contributed by atoms with Crippen molar-refractivity contribution in [1.82, 2.24) is 26.0 Å². The van der Waals surface area contributed by atoms with Crippen molar-refractivity contribution in [2.24, 2.45) is 0 Å². The molecule has 10 heteroatoms. The molecule has 3 aliphatic rings. The number of nitrogens with one attached hydrogen (secondary N) is 3. The monoisotopic (exact) mass is 437 g/mol. The van der Waals surface area contributed by atoms with Gasteiger partial charge in [0.15, 0.2) is 0 Å². The van der Waals surface area contributed by atoms with E-state index in [2.05, 4.69) is 16.1 Å². The highest BCUT2D eigenvalue weighted by molar-refractivity contribution is 6.08. The van der Waals surface area contributed by atoms with Gasteiger partial charge in [0, 0.05) is 12.6 Å². The van der Waals surface area contributed by atoms with Crippen LogP contribution in [0.4, 0.5) is 9.59 Å². The lowest BCUT2D eigenvalue weighted by molar-refractivity contribution is -0.140. The Bertz CT molecular complexity index is 713. The van der Waals surface area contributed by atoms with Gasteiger partial charge in [0.2, 0.25) is 0 Å². The smallest absolute Gasteiger partial charge is 0.407 e. The van der Waals surface area contributed by atoms with Crippen LogP contribution < -0.4 is 16.1 Å². The van der Waals surface area contributed by atoms with E-state index in [1.165, 1.54) is 0 Å². The summed E-state index contributed by atoms with van der Waals surface area (Å²) in [4.78, 5) is 51.8. The average Bonchev–Trinajstić information content (AvgIpc) is 2.90. The SMILES string of the molecule is CC(C)(C)OC(=O)NCC1CCCCN1CC(=O)NN1C(=O)NC2(CCCCC2)C1=O. The first kappa shape index (κ1) is 23.3. The van der Waals surface area contributed by atoms with Crippen molar-refractivity contribution in [3.8, 4) is 0 Å². The maximum Gasteiger partial charge on any atom is 0.407 e. The van der Waals surface area contributed by atoms with Gasteiger partial charge in [-0.1, -0.05) is 25.7 Å². The molecule has 31 heavy (non-hydrogen) atoms. The second kappa shape index (κ2) is 9.42. The number of carbonyl (C=O) groups is 4. The fourth-order valence-electron chi connectivity index (χ4n) is 4.58. The second-order valence-electron chi connectivity index (χ2n) is 9.75. The number of imide groups is 1. The van der Waals surface area contributed by atoms with Crippen molar-refractivity contribution < 1.29 is 23.9 Å². The number of amides is 5. The number of urea groups is 1. The van der Waals surface area contributed by atoms with E-state index in [1.807, 2.05) is 4.90 Å². The van der Waals surface area contributed by atoms with E-state index in [9.17, 15) is 19.2 Å². The molecule has 2 heterocycles. The molecule has 2 aliphatic heterocycles. The third kappa shape index (κ3) is 5.87. The van der Waals surface area contributed by atoms with Gasteiger partial charge in [-0.3, -0.25) is 19.9 Å². The molecule has 3 rings (SSSR count). The third-order valence-electron chi connectivity index (χ3n) is 6.08. The van der Waals surface area contributed by atoms with Crippen LogP contribution in [0.15, 0.2) is 0 Å². The Kier molecular flexibility index (Phi) is 7.08. The zero-order valence-corrected chi connectivity index (χ0v) is 18.8. The summed E-state index contributed by atoms with van der Waals surface area (Å²) < 4.78 is 5.28. The summed E-state index contributed by atoms with van der Waals surface area (Å²) in [5, 5.41) is 6.40. The molecular weight excluding hydrogens is 402 g/mol. The maximum absolute atomic E-state index is 12.8. The summed E-state index contributed by atoms with van der Waals surface area (Å²) in [6, 6.07) is -0.582. The van der Waals surface area contributed by atoms with Crippen LogP contribution in [-0.4, -0.2) is 70.7 Å². The van der Waals surface area contributed by atoms with Crippen molar-refractivity contribution in [2.45, 2.75) is 89.3 Å². The summed E-state index contributed by atoms with van der Waals surface area (Å²) in [7, 11) is 0. The van der Waals surface area contributed by atoms with Crippen LogP contribution in [0.3, 0.4) is 0 Å². The highest BCUT2D eigenvalue weighted by atomic mass is 16.6. The molecule has 1 saturated carbocycles. The van der Waals surface area contributed by atoms with Gasteiger partial charge in [0.1, 0.15) is 11.1 Å². The topological polar surface area (TPSA) is 120 Å². The first-order valence-electron chi connectivity index (χ1n) is 11.3. The molecule has 3 fully saturated rings. The Balaban J connectivity index is 1.53. The third-order valence-corrected chi connectivity index (χ3v) is 6.08. The minimum Gasteiger partial charge on any atom is -0.444 e. The van der Waals surface area contributed by atoms with Gasteiger partial charge in [0.25, 0.3) is 11.8 Å². The first-order valence-corrected chi connectivity index (χ1v) is 11.3. The summed E-state index contributed by atoms with van der Waals surface area (Å²) in [5.41, 5.74) is 1.05. The predicted octanol–water partition coefficient (Wildman–Crippen LogP) is 1.65. The maximum atomic E-state index is 12.8. The second-order valence-corrected chi connectivity index (χ2v) is 9.75. The Morgan fingerprint density at radius 3 is 2.52 bits per heavy atom. The molecule has 0 bridgehead atoms. The first-order chi connectivity index (χ1) is 14.6. The van der Waals surface area contributed by atoms with Crippen molar-refractivity contribution >= 4 is 23.9 Å². The molecule has 1 atom stereocenters. The molecule has 0 radical (unpaired) electrons. The lowest BCUT2D eigenvalue weighted by atomic mass is 9.82. The molecule has 5 amide bonds. The van der Waals surface area contributed by atoms with Crippen LogP contribution in [0.5, 0.6) is 0 Å². The summed E-state index contributed by atoms with van der Waals surface area (Å²) in [6.45, 7) is 6.53. The Morgan fingerprint density at radius 1 is 1.13 bits per heavy atom. The number of hydrogen-bond donors (Lipinski definition) is 3. The predicted molar refractivity (Wildman–Crippen MR) is 113 cm³/mol. The molecule has 0 aromatic carbocycles. The molecular formula is C21H35N5O5. The molecule has 2 saturated heterocycles. The number of hydrogen-bond acceptors (Lipinski definition) is 6. The Morgan fingerprint density at radius 2 is 1.84 bits per heavy atom. The van der Waals surface area contributed by atoms with Gasteiger partial charge in [-0.15, -0.1) is 0 Å². The van der Waals surface area contributed by atoms with Crippen LogP contribution in [0.1, 0.15) is 72.1 Å². The molecule has 1 spiro atoms. The molecule has 1 unspecified atom stereocenters. The molecule has 3 N–H and O–H groups in total. The van der Waals surface area contributed by atoms with E-state index in [0.717, 1.165) is 43.5 Å². The lowest BCUT2D eigenvalue weighted by Gasteiger charge is -2.35. The van der Waals surface area contributed by atoms with Gasteiger partial charge in [-0.2, -0.15) is 5.01 Å². The standard InChI is InChI=1S/C21H35N5O5/c1-20(2,3)31-19(30)22-13-15-9-5-8-12-25(15)14-16(27)24-26-17(28)21(23-18(26)29)10-6-4-7-11-21/h15H,4-14H2,1-3H3,(H,22,30)(H,23,29)(H,24,27). The minimum absolute atomic E-state index is 0.0141. The largest absolute Gasteiger partial charge is 0.444 e. The molecule has 1 aliphatic carbocycles. The van der Waals surface area contributed by atoms with Gasteiger partial charge in [-0.25, -0.2) is 9.59 Å². The number of piperidine rings is 1. The van der Waals surface area contributed by atoms with Crippen molar-refractivity contribution in [1.29, 1.82) is 0 Å². The number of ether oxygens (including phenoxy) is 1. The van der Waals surface area contributed by atoms with Crippen molar-refractivity contribution in [2.75, 3.05) is 19.6 Å². The number of nitrogens with zero attached hydrogens (tertiary/aromatic N) is 2. The Labute approximate surface area is 183 Å². The van der Waals surface area contributed by atoms with Crippen LogP contribution in [0.25, 0.3) is 0 Å². The number of likely N-dealkylation sites (tertiary alicyclic amines) is 1. The van der Waals surface area contributed by atoms with Gasteiger partial charge in [0.05, 0.1) is 6.54 Å². The zero-order chi connectivity index (χ0) is 22.6. The van der Waals surface area contributed by atoms with E-state index >= 15 is 0 Å². The van der Waals surface area contributed by atoms with Gasteiger partial charge < -0.3 is 15.4 Å². The van der Waals surface area contributed by atoms with Crippen molar-refractivity contribution in [3.63, 3.8) is 0 Å². The highest BCUT2D eigenvalue weighted by Crippen LogP contribution is 2.33. The van der Waals surface area contributed by atoms with E-state index in [0.29, 0.717) is 25.9 Å².